The zero-order valence-corrected chi connectivity index (χ0v) is 14.0. The van der Waals surface area contributed by atoms with Crippen LogP contribution in [0.2, 0.25) is 0 Å². The summed E-state index contributed by atoms with van der Waals surface area (Å²) in [5.41, 5.74) is -0.201. The Kier molecular flexibility index (Phi) is 4.85. The summed E-state index contributed by atoms with van der Waals surface area (Å²) < 4.78 is 24.4. The minimum Gasteiger partial charge on any atom is -0.481 e. The number of ether oxygens (including phenoxy) is 1. The van der Waals surface area contributed by atoms with Crippen molar-refractivity contribution in [1.29, 1.82) is 0 Å². The molecule has 2 aromatic rings. The number of rotatable bonds is 4. The summed E-state index contributed by atoms with van der Waals surface area (Å²) in [6.07, 6.45) is 0. The molecule has 0 unspecified atom stereocenters. The van der Waals surface area contributed by atoms with Crippen molar-refractivity contribution >= 4 is 27.7 Å². The Morgan fingerprint density at radius 1 is 1.41 bits per heavy atom. The van der Waals surface area contributed by atoms with E-state index in [4.69, 9.17) is 9.26 Å². The first-order chi connectivity index (χ1) is 10.3. The zero-order chi connectivity index (χ0) is 16.3. The molecule has 118 valence electrons. The van der Waals surface area contributed by atoms with E-state index >= 15 is 0 Å². The van der Waals surface area contributed by atoms with Crippen LogP contribution in [0.3, 0.4) is 0 Å². The summed E-state index contributed by atoms with van der Waals surface area (Å²) in [6, 6.07) is 5.99. The third kappa shape index (κ3) is 4.30. The molecule has 0 spiro atoms. The maximum absolute atomic E-state index is 13.5. The number of hydrogen-bond donors (Lipinski definition) is 1. The fourth-order valence-corrected chi connectivity index (χ4v) is 1.94. The van der Waals surface area contributed by atoms with Crippen molar-refractivity contribution in [3.05, 3.63) is 40.3 Å². The van der Waals surface area contributed by atoms with Crippen LogP contribution in [-0.4, -0.2) is 17.7 Å². The Balaban J connectivity index is 1.92. The number of halogens is 2. The molecule has 0 bridgehead atoms. The molecule has 1 heterocycles. The topological polar surface area (TPSA) is 64.4 Å². The lowest BCUT2D eigenvalue weighted by Crippen LogP contribution is -2.20. The Morgan fingerprint density at radius 2 is 2.14 bits per heavy atom. The molecule has 0 aliphatic rings. The maximum atomic E-state index is 13.5. The van der Waals surface area contributed by atoms with Gasteiger partial charge >= 0.3 is 0 Å². The maximum Gasteiger partial charge on any atom is 0.263 e. The third-order valence-corrected chi connectivity index (χ3v) is 3.26. The fourth-order valence-electron chi connectivity index (χ4n) is 1.60. The first-order valence-corrected chi connectivity index (χ1v) is 7.40. The van der Waals surface area contributed by atoms with Crippen molar-refractivity contribution in [3.8, 4) is 5.75 Å². The molecule has 5 nitrogen and oxygen atoms in total. The van der Waals surface area contributed by atoms with E-state index in [1.54, 1.807) is 12.1 Å². The molecule has 1 aromatic heterocycles. The van der Waals surface area contributed by atoms with Crippen LogP contribution in [0.5, 0.6) is 5.75 Å². The molecular weight excluding hydrogens is 355 g/mol. The van der Waals surface area contributed by atoms with Gasteiger partial charge in [-0.2, -0.15) is 0 Å². The highest BCUT2D eigenvalue weighted by Crippen LogP contribution is 2.24. The zero-order valence-electron chi connectivity index (χ0n) is 12.4. The predicted molar refractivity (Wildman–Crippen MR) is 83.4 cm³/mol. The van der Waals surface area contributed by atoms with Gasteiger partial charge in [0, 0.05) is 16.0 Å². The van der Waals surface area contributed by atoms with Crippen LogP contribution in [0.25, 0.3) is 0 Å². The highest BCUT2D eigenvalue weighted by atomic mass is 79.9. The average molecular weight is 371 g/mol. The number of nitrogens with one attached hydrogen (secondary N) is 1. The Labute approximate surface area is 136 Å². The fraction of sp³-hybridized carbons (Fsp3) is 0.333. The molecule has 0 atom stereocenters. The van der Waals surface area contributed by atoms with E-state index in [0.29, 0.717) is 16.1 Å². The van der Waals surface area contributed by atoms with E-state index < -0.39 is 11.7 Å². The number of nitrogens with zero attached hydrogens (tertiary/aromatic N) is 1. The van der Waals surface area contributed by atoms with E-state index in [0.717, 1.165) is 0 Å². The summed E-state index contributed by atoms with van der Waals surface area (Å²) in [5, 5.41) is 6.30. The summed E-state index contributed by atoms with van der Waals surface area (Å²) >= 11 is 3.15. The molecule has 1 aromatic carbocycles. The van der Waals surface area contributed by atoms with Crippen molar-refractivity contribution in [2.24, 2.45) is 0 Å². The number of amides is 1. The van der Waals surface area contributed by atoms with Gasteiger partial charge in [0.25, 0.3) is 5.91 Å². The minimum atomic E-state index is -0.543. The van der Waals surface area contributed by atoms with Crippen LogP contribution in [0.4, 0.5) is 10.2 Å². The first-order valence-electron chi connectivity index (χ1n) is 6.60. The lowest BCUT2D eigenvalue weighted by atomic mass is 9.93. The summed E-state index contributed by atoms with van der Waals surface area (Å²) in [5.74, 6) is -0.0268. The molecule has 0 saturated heterocycles. The van der Waals surface area contributed by atoms with Crippen molar-refractivity contribution in [3.63, 3.8) is 0 Å². The number of anilines is 1. The van der Waals surface area contributed by atoms with Crippen LogP contribution in [0.1, 0.15) is 26.5 Å². The SMILES string of the molecule is CC(C)(C)c1cc(NC(=O)COc2ccc(Br)cc2F)no1. The third-order valence-electron chi connectivity index (χ3n) is 2.77. The van der Waals surface area contributed by atoms with Gasteiger partial charge < -0.3 is 14.6 Å². The van der Waals surface area contributed by atoms with Crippen LogP contribution >= 0.6 is 15.9 Å². The Hall–Kier alpha value is -1.89. The van der Waals surface area contributed by atoms with Crippen LogP contribution in [0.15, 0.2) is 33.3 Å². The molecule has 0 aliphatic carbocycles. The largest absolute Gasteiger partial charge is 0.481 e. The van der Waals surface area contributed by atoms with Crippen LogP contribution in [-0.2, 0) is 10.2 Å². The van der Waals surface area contributed by atoms with Crippen LogP contribution in [0, 0.1) is 5.82 Å². The van der Waals surface area contributed by atoms with Gasteiger partial charge in [-0.05, 0) is 18.2 Å². The van der Waals surface area contributed by atoms with Gasteiger partial charge in [0.15, 0.2) is 24.0 Å². The highest BCUT2D eigenvalue weighted by molar-refractivity contribution is 9.10. The van der Waals surface area contributed by atoms with Crippen LogP contribution < -0.4 is 10.1 Å². The van der Waals surface area contributed by atoms with Crippen molar-refractivity contribution in [2.75, 3.05) is 11.9 Å². The summed E-state index contributed by atoms with van der Waals surface area (Å²) in [7, 11) is 0. The molecule has 1 N–H and O–H groups in total. The lowest BCUT2D eigenvalue weighted by molar-refractivity contribution is -0.118. The number of carbonyl (C=O) groups is 1. The molecule has 22 heavy (non-hydrogen) atoms. The van der Waals surface area contributed by atoms with E-state index in [1.165, 1.54) is 12.1 Å². The lowest BCUT2D eigenvalue weighted by Gasteiger charge is -2.12. The Bertz CT molecular complexity index is 680. The van der Waals surface area contributed by atoms with Gasteiger partial charge in [-0.15, -0.1) is 0 Å². The number of carbonyl (C=O) groups excluding carboxylic acids is 1. The molecule has 1 amide bonds. The summed E-state index contributed by atoms with van der Waals surface area (Å²) in [4.78, 5) is 11.8. The monoisotopic (exact) mass is 370 g/mol. The predicted octanol–water partition coefficient (Wildman–Crippen LogP) is 3.89. The van der Waals surface area contributed by atoms with Crippen molar-refractivity contribution in [1.82, 2.24) is 5.16 Å². The molecular formula is C15H16BrFN2O3. The molecule has 7 heteroatoms. The highest BCUT2D eigenvalue weighted by Gasteiger charge is 2.20. The molecule has 0 fully saturated rings. The Morgan fingerprint density at radius 3 is 2.73 bits per heavy atom. The molecule has 0 radical (unpaired) electrons. The van der Waals surface area contributed by atoms with Gasteiger partial charge in [0.05, 0.1) is 0 Å². The summed E-state index contributed by atoms with van der Waals surface area (Å²) in [6.45, 7) is 5.59. The number of hydrogen-bond acceptors (Lipinski definition) is 4. The average Bonchev–Trinajstić information content (AvgIpc) is 2.86. The van der Waals surface area contributed by atoms with E-state index in [1.807, 2.05) is 20.8 Å². The second kappa shape index (κ2) is 6.48. The van der Waals surface area contributed by atoms with Crippen molar-refractivity contribution < 1.29 is 18.4 Å². The van der Waals surface area contributed by atoms with Gasteiger partial charge in [0.2, 0.25) is 0 Å². The van der Waals surface area contributed by atoms with Gasteiger partial charge in [-0.1, -0.05) is 41.9 Å². The normalized spacial score (nSPS) is 11.3. The molecule has 2 rings (SSSR count). The number of benzene rings is 1. The van der Waals surface area contributed by atoms with Gasteiger partial charge in [0.1, 0.15) is 5.76 Å². The first kappa shape index (κ1) is 16.5. The van der Waals surface area contributed by atoms with Gasteiger partial charge in [-0.25, -0.2) is 4.39 Å². The van der Waals surface area contributed by atoms with E-state index in [9.17, 15) is 9.18 Å². The molecule has 0 aliphatic heterocycles. The van der Waals surface area contributed by atoms with E-state index in [-0.39, 0.29) is 17.8 Å². The van der Waals surface area contributed by atoms with E-state index in [2.05, 4.69) is 26.4 Å². The number of aromatic nitrogens is 1. The quantitative estimate of drug-likeness (QED) is 0.886. The molecule has 0 saturated carbocycles. The van der Waals surface area contributed by atoms with Gasteiger partial charge in [-0.3, -0.25) is 4.79 Å². The smallest absolute Gasteiger partial charge is 0.263 e. The second-order valence-electron chi connectivity index (χ2n) is 5.74. The second-order valence-corrected chi connectivity index (χ2v) is 6.65. The minimum absolute atomic E-state index is 0.00823. The van der Waals surface area contributed by atoms with Crippen molar-refractivity contribution in [2.45, 2.75) is 26.2 Å². The standard InChI is InChI=1S/C15H16BrFN2O3/c1-15(2,3)12-7-13(19-22-12)18-14(20)8-21-11-5-4-9(16)6-10(11)17/h4-7H,8H2,1-3H3,(H,18,19,20).